The maximum absolute atomic E-state index is 4.79. The molecule has 1 fully saturated rings. The molecule has 1 saturated heterocycles. The van der Waals surface area contributed by atoms with Crippen LogP contribution in [0.2, 0.25) is 0 Å². The van der Waals surface area contributed by atoms with E-state index in [1.54, 1.807) is 0 Å². The monoisotopic (exact) mass is 563 g/mol. The fourth-order valence-electron chi connectivity index (χ4n) is 5.19. The number of rotatable bonds is 8. The molecule has 0 amide bonds. The summed E-state index contributed by atoms with van der Waals surface area (Å²) in [5.74, 6) is 2.21. The summed E-state index contributed by atoms with van der Waals surface area (Å²) in [6, 6.07) is 33.4. The molecule has 7 nitrogen and oxygen atoms in total. The Morgan fingerprint density at radius 2 is 1.51 bits per heavy atom. The van der Waals surface area contributed by atoms with Crippen LogP contribution in [0.15, 0.2) is 102 Å². The first-order chi connectivity index (χ1) is 19.7. The predicted molar refractivity (Wildman–Crippen MR) is 172 cm³/mol. The fraction of sp³-hybridized carbons (Fsp3) is 0.212. The molecule has 4 aromatic carbocycles. The Bertz CT molecular complexity index is 1590. The van der Waals surface area contributed by atoms with E-state index in [0.29, 0.717) is 23.8 Å². The first-order valence-electron chi connectivity index (χ1n) is 13.8. The van der Waals surface area contributed by atoms with Crippen LogP contribution in [0.3, 0.4) is 0 Å². The standard InChI is InChI=1S/C33H33N7.ClH/c1-24-14-16-29(17-15-24)35-31-36-32(39-34-23-28-12-7-11-27-10-5-6-13-30(27)28)38-33(37-31)40-20-18-26(19-21-40)22-25-8-3-2-4-9-25;/h2-17,23,26H,18-22H2,1H3,(H2,35,36,37,38,39);1H. The van der Waals surface area contributed by atoms with E-state index < -0.39 is 0 Å². The average molecular weight is 564 g/mol. The van der Waals surface area contributed by atoms with Crippen LogP contribution in [0, 0.1) is 12.8 Å². The summed E-state index contributed by atoms with van der Waals surface area (Å²) in [4.78, 5) is 16.4. The zero-order valence-corrected chi connectivity index (χ0v) is 23.9. The Morgan fingerprint density at radius 1 is 0.805 bits per heavy atom. The van der Waals surface area contributed by atoms with E-state index in [2.05, 4.69) is 99.4 Å². The van der Waals surface area contributed by atoms with Crippen LogP contribution in [-0.2, 0) is 6.42 Å². The molecule has 41 heavy (non-hydrogen) atoms. The van der Waals surface area contributed by atoms with Crippen molar-refractivity contribution >= 4 is 52.9 Å². The summed E-state index contributed by atoms with van der Waals surface area (Å²) in [5, 5.41) is 10.2. The van der Waals surface area contributed by atoms with Gasteiger partial charge in [0.25, 0.3) is 0 Å². The maximum Gasteiger partial charge on any atom is 0.250 e. The predicted octanol–water partition coefficient (Wildman–Crippen LogP) is 7.40. The highest BCUT2D eigenvalue weighted by atomic mass is 35.5. The molecule has 1 aliphatic heterocycles. The highest BCUT2D eigenvalue weighted by Crippen LogP contribution is 2.26. The van der Waals surface area contributed by atoms with Gasteiger partial charge in [0, 0.05) is 24.3 Å². The highest BCUT2D eigenvalue weighted by Gasteiger charge is 2.22. The number of hydrazone groups is 1. The van der Waals surface area contributed by atoms with Crippen molar-refractivity contribution in [3.63, 3.8) is 0 Å². The summed E-state index contributed by atoms with van der Waals surface area (Å²) in [6.07, 6.45) is 5.13. The summed E-state index contributed by atoms with van der Waals surface area (Å²) in [5.41, 5.74) is 7.61. The van der Waals surface area contributed by atoms with Crippen molar-refractivity contribution < 1.29 is 0 Å². The summed E-state index contributed by atoms with van der Waals surface area (Å²) < 4.78 is 0. The van der Waals surface area contributed by atoms with Gasteiger partial charge in [0.2, 0.25) is 17.8 Å². The number of nitrogens with one attached hydrogen (secondary N) is 2. The quantitative estimate of drug-likeness (QED) is 0.151. The molecule has 6 rings (SSSR count). The first-order valence-corrected chi connectivity index (χ1v) is 13.8. The van der Waals surface area contributed by atoms with Gasteiger partial charge in [-0.3, -0.25) is 0 Å². The van der Waals surface area contributed by atoms with Crippen LogP contribution in [-0.4, -0.2) is 34.3 Å². The molecule has 0 atom stereocenters. The lowest BCUT2D eigenvalue weighted by atomic mass is 9.90. The zero-order chi connectivity index (χ0) is 27.1. The van der Waals surface area contributed by atoms with Crippen LogP contribution in [0.1, 0.15) is 29.5 Å². The number of benzene rings is 4. The number of halogens is 1. The Morgan fingerprint density at radius 3 is 2.32 bits per heavy atom. The van der Waals surface area contributed by atoms with E-state index in [-0.39, 0.29) is 12.4 Å². The highest BCUT2D eigenvalue weighted by molar-refractivity contribution is 5.99. The van der Waals surface area contributed by atoms with E-state index in [1.165, 1.54) is 16.5 Å². The number of fused-ring (bicyclic) bond motifs is 1. The molecular formula is C33H34ClN7. The van der Waals surface area contributed by atoms with Crippen LogP contribution < -0.4 is 15.6 Å². The molecule has 2 N–H and O–H groups in total. The molecule has 0 aliphatic carbocycles. The minimum Gasteiger partial charge on any atom is -0.341 e. The smallest absolute Gasteiger partial charge is 0.250 e. The van der Waals surface area contributed by atoms with Gasteiger partial charge < -0.3 is 10.2 Å². The normalized spacial score (nSPS) is 13.7. The summed E-state index contributed by atoms with van der Waals surface area (Å²) >= 11 is 0. The van der Waals surface area contributed by atoms with Crippen LogP contribution in [0.25, 0.3) is 10.8 Å². The second-order valence-electron chi connectivity index (χ2n) is 10.3. The Hall–Kier alpha value is -4.49. The number of aryl methyl sites for hydroxylation is 1. The van der Waals surface area contributed by atoms with Crippen LogP contribution in [0.4, 0.5) is 23.5 Å². The number of nitrogens with zero attached hydrogens (tertiary/aromatic N) is 5. The average Bonchev–Trinajstić information content (AvgIpc) is 2.99. The minimum absolute atomic E-state index is 0. The van der Waals surface area contributed by atoms with Gasteiger partial charge in [-0.1, -0.05) is 90.5 Å². The van der Waals surface area contributed by atoms with Crippen molar-refractivity contribution in [2.24, 2.45) is 11.0 Å². The number of anilines is 4. The van der Waals surface area contributed by atoms with Gasteiger partial charge in [0.15, 0.2) is 0 Å². The number of hydrogen-bond acceptors (Lipinski definition) is 7. The Balaban J connectivity index is 0.00000337. The molecule has 0 unspecified atom stereocenters. The number of aromatic nitrogens is 3. The van der Waals surface area contributed by atoms with Crippen molar-refractivity contribution in [2.45, 2.75) is 26.2 Å². The lowest BCUT2D eigenvalue weighted by Gasteiger charge is -2.32. The topological polar surface area (TPSA) is 78.3 Å². The molecule has 0 saturated carbocycles. The van der Waals surface area contributed by atoms with E-state index in [4.69, 9.17) is 9.97 Å². The third kappa shape index (κ3) is 7.18. The molecule has 0 spiro atoms. The third-order valence-corrected chi connectivity index (χ3v) is 7.39. The van der Waals surface area contributed by atoms with Crippen molar-refractivity contribution in [3.05, 3.63) is 114 Å². The second-order valence-corrected chi connectivity index (χ2v) is 10.3. The van der Waals surface area contributed by atoms with Crippen molar-refractivity contribution in [3.8, 4) is 0 Å². The third-order valence-electron chi connectivity index (χ3n) is 7.39. The largest absolute Gasteiger partial charge is 0.341 e. The molecule has 0 bridgehead atoms. The lowest BCUT2D eigenvalue weighted by Crippen LogP contribution is -2.35. The summed E-state index contributed by atoms with van der Waals surface area (Å²) in [6.45, 7) is 3.89. The molecule has 2 heterocycles. The van der Waals surface area contributed by atoms with Gasteiger partial charge >= 0.3 is 0 Å². The second kappa shape index (κ2) is 13.2. The lowest BCUT2D eigenvalue weighted by molar-refractivity contribution is 0.400. The number of piperidine rings is 1. The Labute approximate surface area is 247 Å². The number of hydrogen-bond donors (Lipinski definition) is 2. The zero-order valence-electron chi connectivity index (χ0n) is 23.1. The van der Waals surface area contributed by atoms with E-state index in [9.17, 15) is 0 Å². The molecule has 208 valence electrons. The maximum atomic E-state index is 4.79. The molecule has 1 aromatic heterocycles. The Kier molecular flexibility index (Phi) is 9.06. The van der Waals surface area contributed by atoms with Gasteiger partial charge in [0.05, 0.1) is 6.21 Å². The van der Waals surface area contributed by atoms with Crippen LogP contribution in [0.5, 0.6) is 0 Å². The van der Waals surface area contributed by atoms with E-state index in [0.717, 1.165) is 49.0 Å². The van der Waals surface area contributed by atoms with Gasteiger partial charge in [-0.15, -0.1) is 12.4 Å². The summed E-state index contributed by atoms with van der Waals surface area (Å²) in [7, 11) is 0. The van der Waals surface area contributed by atoms with Gasteiger partial charge in [-0.25, -0.2) is 5.43 Å². The van der Waals surface area contributed by atoms with E-state index in [1.807, 2.05) is 36.5 Å². The molecule has 0 radical (unpaired) electrons. The van der Waals surface area contributed by atoms with Gasteiger partial charge in [0.1, 0.15) is 0 Å². The van der Waals surface area contributed by atoms with Gasteiger partial charge in [-0.05, 0) is 60.6 Å². The SMILES string of the molecule is Cc1ccc(Nc2nc(NN=Cc3cccc4ccccc34)nc(N3CCC(Cc4ccccc4)CC3)n2)cc1.Cl. The molecule has 1 aliphatic rings. The van der Waals surface area contributed by atoms with Gasteiger partial charge in [-0.2, -0.15) is 20.1 Å². The van der Waals surface area contributed by atoms with Crippen molar-refractivity contribution in [1.82, 2.24) is 15.0 Å². The van der Waals surface area contributed by atoms with E-state index >= 15 is 0 Å². The molecule has 5 aromatic rings. The van der Waals surface area contributed by atoms with Crippen molar-refractivity contribution in [1.29, 1.82) is 0 Å². The molecule has 8 heteroatoms. The first kappa shape index (κ1) is 28.1. The fourth-order valence-corrected chi connectivity index (χ4v) is 5.19. The van der Waals surface area contributed by atoms with Crippen molar-refractivity contribution in [2.75, 3.05) is 28.7 Å². The minimum atomic E-state index is 0. The molecular weight excluding hydrogens is 530 g/mol. The van der Waals surface area contributed by atoms with Crippen LogP contribution >= 0.6 is 12.4 Å².